The Balaban J connectivity index is 1.63. The van der Waals surface area contributed by atoms with Crippen molar-refractivity contribution >= 4 is 58.4 Å². The molecule has 33 heavy (non-hydrogen) atoms. The average molecular weight is 503 g/mol. The van der Waals surface area contributed by atoms with Gasteiger partial charge in [0.2, 0.25) is 5.95 Å². The van der Waals surface area contributed by atoms with E-state index in [1.807, 2.05) is 49.3 Å². The molecule has 0 unspecified atom stereocenters. The summed E-state index contributed by atoms with van der Waals surface area (Å²) in [5.74, 6) is 0.362. The summed E-state index contributed by atoms with van der Waals surface area (Å²) >= 11 is 13.8. The third-order valence-electron chi connectivity index (χ3n) is 4.78. The van der Waals surface area contributed by atoms with Crippen molar-refractivity contribution in [3.8, 4) is 0 Å². The first kappa shape index (κ1) is 23.7. The molecule has 4 rings (SSSR count). The highest BCUT2D eigenvalue weighted by Crippen LogP contribution is 2.38. The van der Waals surface area contributed by atoms with E-state index in [2.05, 4.69) is 20.9 Å². The van der Waals surface area contributed by atoms with Gasteiger partial charge in [0.25, 0.3) is 0 Å². The van der Waals surface area contributed by atoms with Gasteiger partial charge in [-0.15, -0.1) is 0 Å². The van der Waals surface area contributed by atoms with Crippen LogP contribution in [0.25, 0.3) is 0 Å². The number of esters is 1. The van der Waals surface area contributed by atoms with Crippen LogP contribution >= 0.6 is 35.1 Å². The number of carbonyl (C=O) groups is 1. The minimum absolute atomic E-state index is 0.0658. The predicted molar refractivity (Wildman–Crippen MR) is 135 cm³/mol. The number of halogens is 2. The second kappa shape index (κ2) is 9.79. The number of hydrogen-bond donors (Lipinski definition) is 0. The minimum Gasteiger partial charge on any atom is -0.459 e. The number of carbonyl (C=O) groups excluding carboxylic acids is 1. The normalized spacial score (nSPS) is 13.1. The number of benzene rings is 2. The van der Waals surface area contributed by atoms with Crippen LogP contribution in [-0.4, -0.2) is 34.6 Å². The Bertz CT molecular complexity index is 1130. The quantitative estimate of drug-likeness (QED) is 0.288. The van der Waals surface area contributed by atoms with Crippen molar-refractivity contribution in [2.75, 3.05) is 22.3 Å². The Morgan fingerprint density at radius 1 is 1.12 bits per heavy atom. The van der Waals surface area contributed by atoms with Gasteiger partial charge < -0.3 is 13.9 Å². The first-order valence-corrected chi connectivity index (χ1v) is 12.0. The molecule has 0 spiro atoms. The molecule has 0 amide bonds. The lowest BCUT2D eigenvalue weighted by Crippen LogP contribution is -2.31. The Morgan fingerprint density at radius 3 is 2.48 bits per heavy atom. The van der Waals surface area contributed by atoms with E-state index in [1.54, 1.807) is 24.5 Å². The molecule has 0 saturated carbocycles. The molecule has 1 aliphatic heterocycles. The second-order valence-electron chi connectivity index (χ2n) is 8.58. The molecule has 0 N–H and O–H groups in total. The maximum Gasteiger partial charge on any atom is 0.327 e. The van der Waals surface area contributed by atoms with Crippen molar-refractivity contribution in [1.82, 2.24) is 9.97 Å². The molecule has 0 aliphatic carbocycles. The first-order chi connectivity index (χ1) is 15.7. The van der Waals surface area contributed by atoms with Crippen molar-refractivity contribution < 1.29 is 9.53 Å². The van der Waals surface area contributed by atoms with Gasteiger partial charge in [-0.2, -0.15) is 0 Å². The van der Waals surface area contributed by atoms with Gasteiger partial charge in [-0.3, -0.25) is 4.79 Å². The van der Waals surface area contributed by atoms with Gasteiger partial charge in [0.15, 0.2) is 0 Å². The maximum atomic E-state index is 12.7. The third kappa shape index (κ3) is 6.10. The minimum atomic E-state index is -0.569. The number of rotatable bonds is 6. The molecule has 1 aliphatic rings. The van der Waals surface area contributed by atoms with E-state index in [1.165, 1.54) is 17.5 Å². The zero-order valence-corrected chi connectivity index (χ0v) is 20.9. The van der Waals surface area contributed by atoms with Crippen LogP contribution < -0.4 is 9.21 Å². The summed E-state index contributed by atoms with van der Waals surface area (Å²) in [5, 5.41) is 1.07. The number of nitrogens with zero attached hydrogens (tertiary/aromatic N) is 4. The third-order valence-corrected chi connectivity index (χ3v) is 6.23. The van der Waals surface area contributed by atoms with Crippen LogP contribution in [0.5, 0.6) is 0 Å². The standard InChI is InChI=1S/C24H24Cl2N4O2S/c1-24(2,3)32-22(31)15-30(33-20-13-17(25)12-18(26)14-20)19-5-6-21-16(11-19)7-10-29(21)23-27-8-4-9-28-23/h4-6,8-9,11-14H,7,10,15H2,1-3H3. The van der Waals surface area contributed by atoms with Gasteiger partial charge in [0.1, 0.15) is 12.1 Å². The van der Waals surface area contributed by atoms with Crippen molar-refractivity contribution in [2.24, 2.45) is 0 Å². The highest BCUT2D eigenvalue weighted by Gasteiger charge is 2.25. The van der Waals surface area contributed by atoms with Crippen LogP contribution in [0.15, 0.2) is 59.8 Å². The lowest BCUT2D eigenvalue weighted by atomic mass is 10.1. The summed E-state index contributed by atoms with van der Waals surface area (Å²) in [6.45, 7) is 6.43. The van der Waals surface area contributed by atoms with E-state index < -0.39 is 5.60 Å². The lowest BCUT2D eigenvalue weighted by Gasteiger charge is -2.26. The van der Waals surface area contributed by atoms with E-state index in [0.717, 1.165) is 29.2 Å². The lowest BCUT2D eigenvalue weighted by molar-refractivity contribution is -0.152. The fourth-order valence-corrected chi connectivity index (χ4v) is 5.22. The van der Waals surface area contributed by atoms with Gasteiger partial charge in [0.05, 0.1) is 0 Å². The second-order valence-corrected chi connectivity index (χ2v) is 10.6. The molecule has 2 heterocycles. The van der Waals surface area contributed by atoms with E-state index in [9.17, 15) is 4.79 Å². The topological polar surface area (TPSA) is 58.6 Å². The molecule has 0 fully saturated rings. The molecule has 0 saturated heterocycles. The summed E-state index contributed by atoms with van der Waals surface area (Å²) in [6.07, 6.45) is 4.34. The number of hydrogen-bond acceptors (Lipinski definition) is 7. The van der Waals surface area contributed by atoms with Crippen molar-refractivity contribution in [3.63, 3.8) is 0 Å². The highest BCUT2D eigenvalue weighted by molar-refractivity contribution is 8.00. The summed E-state index contributed by atoms with van der Waals surface area (Å²) in [4.78, 5) is 24.4. The van der Waals surface area contributed by atoms with Crippen molar-refractivity contribution in [3.05, 3.63) is 70.5 Å². The Morgan fingerprint density at radius 2 is 1.82 bits per heavy atom. The Hall–Kier alpha value is -2.48. The highest BCUT2D eigenvalue weighted by atomic mass is 35.5. The molecule has 0 atom stereocenters. The number of ether oxygens (including phenoxy) is 1. The fraction of sp³-hybridized carbons (Fsp3) is 0.292. The molecule has 9 heteroatoms. The summed E-state index contributed by atoms with van der Waals surface area (Å²) in [5.41, 5.74) is 2.55. The van der Waals surface area contributed by atoms with Gasteiger partial charge in [0, 0.05) is 45.3 Å². The zero-order valence-electron chi connectivity index (χ0n) is 18.6. The summed E-state index contributed by atoms with van der Waals surface area (Å²) in [6, 6.07) is 13.3. The SMILES string of the molecule is CC(C)(C)OC(=O)CN(Sc1cc(Cl)cc(Cl)c1)c1ccc2c(c1)CCN2c1ncccn1. The van der Waals surface area contributed by atoms with E-state index in [4.69, 9.17) is 27.9 Å². The molecule has 2 aromatic carbocycles. The molecule has 1 aromatic heterocycles. The van der Waals surface area contributed by atoms with Crippen LogP contribution in [0.1, 0.15) is 26.3 Å². The largest absolute Gasteiger partial charge is 0.459 e. The van der Waals surface area contributed by atoms with Gasteiger partial charge in [-0.1, -0.05) is 23.2 Å². The summed E-state index contributed by atoms with van der Waals surface area (Å²) in [7, 11) is 0. The van der Waals surface area contributed by atoms with Crippen molar-refractivity contribution in [1.29, 1.82) is 0 Å². The molecule has 172 valence electrons. The van der Waals surface area contributed by atoms with Crippen molar-refractivity contribution in [2.45, 2.75) is 37.7 Å². The average Bonchev–Trinajstić information content (AvgIpc) is 3.15. The van der Waals surface area contributed by atoms with Gasteiger partial charge in [-0.05, 0) is 87.2 Å². The molecule has 0 bridgehead atoms. The fourth-order valence-electron chi connectivity index (χ4n) is 3.56. The molecular formula is C24H24Cl2N4O2S. The Labute approximate surface area is 208 Å². The van der Waals surface area contributed by atoms with Crippen LogP contribution in [-0.2, 0) is 16.0 Å². The molecular weight excluding hydrogens is 479 g/mol. The Kier molecular flexibility index (Phi) is 7.02. The van der Waals surface area contributed by atoms with Gasteiger partial charge >= 0.3 is 5.97 Å². The maximum absolute atomic E-state index is 12.7. The number of aromatic nitrogens is 2. The first-order valence-electron chi connectivity index (χ1n) is 10.5. The summed E-state index contributed by atoms with van der Waals surface area (Å²) < 4.78 is 7.47. The molecule has 0 radical (unpaired) electrons. The monoisotopic (exact) mass is 502 g/mol. The van der Waals surface area contributed by atoms with E-state index in [-0.39, 0.29) is 12.5 Å². The van der Waals surface area contributed by atoms with E-state index in [0.29, 0.717) is 16.0 Å². The number of fused-ring (bicyclic) bond motifs is 1. The van der Waals surface area contributed by atoms with Crippen LogP contribution in [0, 0.1) is 0 Å². The molecule has 6 nitrogen and oxygen atoms in total. The number of anilines is 3. The smallest absolute Gasteiger partial charge is 0.327 e. The van der Waals surface area contributed by atoms with Crippen LogP contribution in [0.4, 0.5) is 17.3 Å². The van der Waals surface area contributed by atoms with Gasteiger partial charge in [-0.25, -0.2) is 9.97 Å². The van der Waals surface area contributed by atoms with E-state index >= 15 is 0 Å². The predicted octanol–water partition coefficient (Wildman–Crippen LogP) is 6.33. The molecule has 3 aromatic rings. The zero-order chi connectivity index (χ0) is 23.6. The van der Waals surface area contributed by atoms with Crippen LogP contribution in [0.3, 0.4) is 0 Å². The van der Waals surface area contributed by atoms with Crippen LogP contribution in [0.2, 0.25) is 10.0 Å².